The smallest absolute Gasteiger partial charge is 0.191 e. The van der Waals surface area contributed by atoms with E-state index in [-0.39, 0.29) is 5.41 Å². The first-order valence-corrected chi connectivity index (χ1v) is 9.45. The van der Waals surface area contributed by atoms with Crippen molar-refractivity contribution in [2.45, 2.75) is 44.6 Å². The zero-order valence-electron chi connectivity index (χ0n) is 14.7. The molecule has 1 saturated carbocycles. The van der Waals surface area contributed by atoms with E-state index in [1.165, 1.54) is 24.1 Å². The van der Waals surface area contributed by atoms with Gasteiger partial charge in [-0.25, -0.2) is 4.98 Å². The van der Waals surface area contributed by atoms with Gasteiger partial charge in [-0.15, -0.1) is 11.3 Å². The van der Waals surface area contributed by atoms with Gasteiger partial charge in [-0.2, -0.15) is 0 Å². The Morgan fingerprint density at radius 2 is 2.00 bits per heavy atom. The molecule has 3 rings (SSSR count). The SMILES string of the molecule is CN=C(NCc1nc(C(C)C)cs1)NCC1(c2ccccc2)CC1. The summed E-state index contributed by atoms with van der Waals surface area (Å²) in [5.74, 6) is 1.33. The van der Waals surface area contributed by atoms with Gasteiger partial charge in [0, 0.05) is 24.4 Å². The standard InChI is InChI=1S/C19H26N4S/c1-14(2)16-12-24-17(23-16)11-21-18(20-3)22-13-19(9-10-19)15-7-5-4-6-8-15/h4-8,12,14H,9-11,13H2,1-3H3,(H2,20,21,22). The van der Waals surface area contributed by atoms with Crippen molar-refractivity contribution in [3.8, 4) is 0 Å². The second-order valence-corrected chi connectivity index (χ2v) is 7.69. The van der Waals surface area contributed by atoms with Crippen LogP contribution in [0.1, 0.15) is 48.9 Å². The van der Waals surface area contributed by atoms with Gasteiger partial charge in [0.15, 0.2) is 5.96 Å². The first-order chi connectivity index (χ1) is 11.6. The Morgan fingerprint density at radius 1 is 1.25 bits per heavy atom. The predicted octanol–water partition coefficient (Wildman–Crippen LogP) is 3.66. The monoisotopic (exact) mass is 342 g/mol. The van der Waals surface area contributed by atoms with Crippen molar-refractivity contribution in [3.63, 3.8) is 0 Å². The minimum Gasteiger partial charge on any atom is -0.356 e. The Balaban J connectivity index is 1.52. The molecule has 24 heavy (non-hydrogen) atoms. The number of aliphatic imine (C=N–C) groups is 1. The molecule has 1 aliphatic carbocycles. The van der Waals surface area contributed by atoms with Crippen molar-refractivity contribution < 1.29 is 0 Å². The number of hydrogen-bond acceptors (Lipinski definition) is 3. The van der Waals surface area contributed by atoms with Gasteiger partial charge < -0.3 is 10.6 Å². The second-order valence-electron chi connectivity index (χ2n) is 6.75. The van der Waals surface area contributed by atoms with Gasteiger partial charge in [0.2, 0.25) is 0 Å². The number of thiazole rings is 1. The van der Waals surface area contributed by atoms with Crippen LogP contribution in [-0.4, -0.2) is 24.5 Å². The molecule has 0 atom stereocenters. The van der Waals surface area contributed by atoms with Gasteiger partial charge in [0.1, 0.15) is 5.01 Å². The van der Waals surface area contributed by atoms with Crippen LogP contribution in [0.5, 0.6) is 0 Å². The van der Waals surface area contributed by atoms with Gasteiger partial charge in [0.05, 0.1) is 12.2 Å². The fraction of sp³-hybridized carbons (Fsp3) is 0.474. The van der Waals surface area contributed by atoms with Crippen LogP contribution in [0.3, 0.4) is 0 Å². The first kappa shape index (κ1) is 17.0. The zero-order chi connectivity index (χ0) is 17.0. The molecule has 5 heteroatoms. The molecule has 128 valence electrons. The van der Waals surface area contributed by atoms with Crippen molar-refractivity contribution in [1.82, 2.24) is 15.6 Å². The Labute approximate surface area is 148 Å². The van der Waals surface area contributed by atoms with E-state index in [1.807, 2.05) is 7.05 Å². The van der Waals surface area contributed by atoms with Crippen molar-refractivity contribution in [1.29, 1.82) is 0 Å². The highest BCUT2D eigenvalue weighted by Crippen LogP contribution is 2.47. The summed E-state index contributed by atoms with van der Waals surface area (Å²) in [6, 6.07) is 10.8. The number of nitrogens with zero attached hydrogens (tertiary/aromatic N) is 2. The average molecular weight is 343 g/mol. The summed E-state index contributed by atoms with van der Waals surface area (Å²) in [4.78, 5) is 9.00. The van der Waals surface area contributed by atoms with E-state index in [1.54, 1.807) is 11.3 Å². The molecule has 2 N–H and O–H groups in total. The number of rotatable bonds is 6. The Hall–Kier alpha value is -1.88. The van der Waals surface area contributed by atoms with Crippen LogP contribution in [-0.2, 0) is 12.0 Å². The van der Waals surface area contributed by atoms with E-state index in [0.717, 1.165) is 24.1 Å². The molecule has 1 aromatic carbocycles. The van der Waals surface area contributed by atoms with Gasteiger partial charge in [-0.1, -0.05) is 44.2 Å². The minimum atomic E-state index is 0.283. The third kappa shape index (κ3) is 3.96. The third-order valence-corrected chi connectivity index (χ3v) is 5.49. The number of guanidine groups is 1. The number of hydrogen-bond donors (Lipinski definition) is 2. The number of benzene rings is 1. The van der Waals surface area contributed by atoms with Crippen molar-refractivity contribution in [3.05, 3.63) is 52.0 Å². The van der Waals surface area contributed by atoms with Crippen LogP contribution in [0.15, 0.2) is 40.7 Å². The third-order valence-electron chi connectivity index (χ3n) is 4.63. The summed E-state index contributed by atoms with van der Waals surface area (Å²) < 4.78 is 0. The maximum absolute atomic E-state index is 4.66. The molecule has 0 amide bonds. The van der Waals surface area contributed by atoms with E-state index in [4.69, 9.17) is 0 Å². The normalized spacial score (nSPS) is 16.2. The molecule has 0 aliphatic heterocycles. The van der Waals surface area contributed by atoms with Crippen molar-refractivity contribution in [2.75, 3.05) is 13.6 Å². The topological polar surface area (TPSA) is 49.3 Å². The Bertz CT molecular complexity index is 686. The molecule has 1 aromatic heterocycles. The molecule has 2 aromatic rings. The van der Waals surface area contributed by atoms with Crippen LogP contribution in [0.4, 0.5) is 0 Å². The predicted molar refractivity (Wildman–Crippen MR) is 102 cm³/mol. The molecule has 1 fully saturated rings. The molecule has 0 unspecified atom stereocenters. The summed E-state index contributed by atoms with van der Waals surface area (Å²) in [5.41, 5.74) is 2.88. The molecule has 0 radical (unpaired) electrons. The summed E-state index contributed by atoms with van der Waals surface area (Å²) >= 11 is 1.71. The lowest BCUT2D eigenvalue weighted by Gasteiger charge is -2.18. The van der Waals surface area contributed by atoms with E-state index >= 15 is 0 Å². The van der Waals surface area contributed by atoms with Gasteiger partial charge >= 0.3 is 0 Å². The largest absolute Gasteiger partial charge is 0.356 e. The minimum absolute atomic E-state index is 0.283. The Kier molecular flexibility index (Phi) is 5.19. The molecular weight excluding hydrogens is 316 g/mol. The van der Waals surface area contributed by atoms with Gasteiger partial charge in [0.25, 0.3) is 0 Å². The zero-order valence-corrected chi connectivity index (χ0v) is 15.5. The highest BCUT2D eigenvalue weighted by atomic mass is 32.1. The molecule has 0 saturated heterocycles. The molecule has 4 nitrogen and oxygen atoms in total. The fourth-order valence-corrected chi connectivity index (χ4v) is 3.71. The lowest BCUT2D eigenvalue weighted by Crippen LogP contribution is -2.40. The fourth-order valence-electron chi connectivity index (χ4n) is 2.81. The van der Waals surface area contributed by atoms with E-state index in [9.17, 15) is 0 Å². The van der Waals surface area contributed by atoms with Crippen LogP contribution in [0, 0.1) is 0 Å². The number of aromatic nitrogens is 1. The lowest BCUT2D eigenvalue weighted by molar-refractivity contribution is 0.645. The van der Waals surface area contributed by atoms with Crippen LogP contribution in [0.2, 0.25) is 0 Å². The molecule has 1 aliphatic rings. The second kappa shape index (κ2) is 7.34. The van der Waals surface area contributed by atoms with Crippen molar-refractivity contribution >= 4 is 17.3 Å². The lowest BCUT2D eigenvalue weighted by atomic mass is 9.96. The van der Waals surface area contributed by atoms with Crippen LogP contribution < -0.4 is 10.6 Å². The van der Waals surface area contributed by atoms with Crippen molar-refractivity contribution in [2.24, 2.45) is 4.99 Å². The quantitative estimate of drug-likeness (QED) is 0.622. The maximum Gasteiger partial charge on any atom is 0.191 e. The molecular formula is C19H26N4S. The van der Waals surface area contributed by atoms with E-state index < -0.39 is 0 Å². The average Bonchev–Trinajstić information content (AvgIpc) is 3.24. The van der Waals surface area contributed by atoms with Gasteiger partial charge in [-0.3, -0.25) is 4.99 Å². The van der Waals surface area contributed by atoms with Gasteiger partial charge in [-0.05, 0) is 24.3 Å². The number of nitrogens with one attached hydrogen (secondary N) is 2. The Morgan fingerprint density at radius 3 is 2.58 bits per heavy atom. The summed E-state index contributed by atoms with van der Waals surface area (Å²) in [5, 5.41) is 10.1. The summed E-state index contributed by atoms with van der Waals surface area (Å²) in [6.07, 6.45) is 2.48. The molecule has 0 bridgehead atoms. The van der Waals surface area contributed by atoms with E-state index in [0.29, 0.717) is 5.92 Å². The summed E-state index contributed by atoms with van der Waals surface area (Å²) in [6.45, 7) is 5.98. The first-order valence-electron chi connectivity index (χ1n) is 8.57. The van der Waals surface area contributed by atoms with Crippen LogP contribution >= 0.6 is 11.3 Å². The maximum atomic E-state index is 4.66. The molecule has 0 spiro atoms. The summed E-state index contributed by atoms with van der Waals surface area (Å²) in [7, 11) is 1.82. The highest BCUT2D eigenvalue weighted by Gasteiger charge is 2.43. The molecule has 1 heterocycles. The van der Waals surface area contributed by atoms with E-state index in [2.05, 4.69) is 70.2 Å². The van der Waals surface area contributed by atoms with Crippen LogP contribution in [0.25, 0.3) is 0 Å². The highest BCUT2D eigenvalue weighted by molar-refractivity contribution is 7.09.